The molecule has 0 aliphatic heterocycles. The Labute approximate surface area is 111 Å². The molecule has 0 aliphatic carbocycles. The molecule has 0 radical (unpaired) electrons. The van der Waals surface area contributed by atoms with Crippen LogP contribution in [0.5, 0.6) is 0 Å². The van der Waals surface area contributed by atoms with E-state index in [1.54, 1.807) is 12.1 Å². The minimum Gasteiger partial charge on any atom is -0.207 e. The van der Waals surface area contributed by atoms with E-state index in [1.807, 2.05) is 6.07 Å². The monoisotopic (exact) mass is 248 g/mol. The Morgan fingerprint density at radius 3 is 2.50 bits per heavy atom. The van der Waals surface area contributed by atoms with Gasteiger partial charge in [0.05, 0.1) is 0 Å². The van der Waals surface area contributed by atoms with Crippen molar-refractivity contribution in [2.24, 2.45) is 0 Å². The first-order valence-electron chi connectivity index (χ1n) is 7.05. The van der Waals surface area contributed by atoms with Crippen molar-refractivity contribution < 1.29 is 4.39 Å². The van der Waals surface area contributed by atoms with Crippen LogP contribution in [0.2, 0.25) is 0 Å². The number of hydrogen-bond acceptors (Lipinski definition) is 0. The first-order chi connectivity index (χ1) is 8.63. The second-order valence-corrected chi connectivity index (χ2v) is 5.14. The number of aryl methyl sites for hydroxylation is 2. The smallest absolute Gasteiger partial charge is 0.123 e. The molecule has 0 nitrogen and oxygen atoms in total. The predicted molar refractivity (Wildman–Crippen MR) is 77.4 cm³/mol. The van der Waals surface area contributed by atoms with Crippen molar-refractivity contribution in [3.8, 4) is 0 Å². The van der Waals surface area contributed by atoms with Crippen LogP contribution in [0.25, 0.3) is 0 Å². The van der Waals surface area contributed by atoms with Crippen molar-refractivity contribution in [1.29, 1.82) is 0 Å². The van der Waals surface area contributed by atoms with Gasteiger partial charge in [0.25, 0.3) is 0 Å². The third-order valence-electron chi connectivity index (χ3n) is 3.35. The van der Waals surface area contributed by atoms with Crippen molar-refractivity contribution in [2.75, 3.05) is 0 Å². The molecule has 1 aromatic carbocycles. The van der Waals surface area contributed by atoms with Crippen molar-refractivity contribution in [1.82, 2.24) is 0 Å². The molecule has 0 N–H and O–H groups in total. The number of hydrogen-bond donors (Lipinski definition) is 0. The van der Waals surface area contributed by atoms with E-state index in [1.165, 1.54) is 36.8 Å². The average molecular weight is 248 g/mol. The van der Waals surface area contributed by atoms with Gasteiger partial charge in [-0.15, -0.1) is 6.58 Å². The summed E-state index contributed by atoms with van der Waals surface area (Å²) in [6, 6.07) is 5.20. The Morgan fingerprint density at radius 1 is 1.11 bits per heavy atom. The highest BCUT2D eigenvalue weighted by molar-refractivity contribution is 5.28. The molecule has 0 unspecified atom stereocenters. The number of halogens is 1. The molecule has 0 atom stereocenters. The van der Waals surface area contributed by atoms with Crippen LogP contribution in [-0.4, -0.2) is 0 Å². The fourth-order valence-corrected chi connectivity index (χ4v) is 2.26. The van der Waals surface area contributed by atoms with Crippen molar-refractivity contribution in [3.63, 3.8) is 0 Å². The molecule has 18 heavy (non-hydrogen) atoms. The van der Waals surface area contributed by atoms with Crippen LogP contribution in [0.1, 0.15) is 57.1 Å². The average Bonchev–Trinajstić information content (AvgIpc) is 2.34. The molecule has 0 saturated carbocycles. The van der Waals surface area contributed by atoms with Gasteiger partial charge < -0.3 is 0 Å². The lowest BCUT2D eigenvalue weighted by Crippen LogP contribution is -1.94. The predicted octanol–water partition coefficient (Wildman–Crippen LogP) is 5.46. The number of rotatable bonds is 8. The maximum absolute atomic E-state index is 13.1. The fourth-order valence-electron chi connectivity index (χ4n) is 2.26. The van der Waals surface area contributed by atoms with Gasteiger partial charge in [-0.1, -0.05) is 31.4 Å². The molecule has 0 aromatic heterocycles. The van der Waals surface area contributed by atoms with Crippen LogP contribution in [0.4, 0.5) is 4.39 Å². The number of allylic oxidation sites excluding steroid dienone is 1. The van der Waals surface area contributed by atoms with Gasteiger partial charge >= 0.3 is 0 Å². The van der Waals surface area contributed by atoms with E-state index in [4.69, 9.17) is 0 Å². The van der Waals surface area contributed by atoms with Crippen LogP contribution in [0.3, 0.4) is 0 Å². The lowest BCUT2D eigenvalue weighted by molar-refractivity contribution is 0.619. The maximum atomic E-state index is 13.1. The molecule has 100 valence electrons. The molecule has 0 aliphatic rings. The minimum atomic E-state index is -0.114. The van der Waals surface area contributed by atoms with Crippen molar-refractivity contribution in [2.45, 2.75) is 58.8 Å². The summed E-state index contributed by atoms with van der Waals surface area (Å²) in [5, 5.41) is 0. The number of unbranched alkanes of at least 4 members (excludes halogenated alkanes) is 3. The summed E-state index contributed by atoms with van der Waals surface area (Å²) < 4.78 is 13.1. The molecule has 1 aromatic rings. The highest BCUT2D eigenvalue weighted by atomic mass is 19.1. The summed E-state index contributed by atoms with van der Waals surface area (Å²) >= 11 is 0. The highest BCUT2D eigenvalue weighted by Crippen LogP contribution is 2.16. The van der Waals surface area contributed by atoms with Gasteiger partial charge in [0.1, 0.15) is 5.82 Å². The molecule has 0 saturated heterocycles. The summed E-state index contributed by atoms with van der Waals surface area (Å²) in [4.78, 5) is 0. The third kappa shape index (κ3) is 5.48. The Hall–Kier alpha value is -1.11. The van der Waals surface area contributed by atoms with Gasteiger partial charge in [0.15, 0.2) is 0 Å². The second-order valence-electron chi connectivity index (χ2n) is 5.14. The summed E-state index contributed by atoms with van der Waals surface area (Å²) in [5.41, 5.74) is 3.76. The SMILES string of the molecule is C=C(C)CCCCCCc1ccc(F)cc1CC. The number of benzene rings is 1. The van der Waals surface area contributed by atoms with Crippen molar-refractivity contribution in [3.05, 3.63) is 47.3 Å². The Balaban J connectivity index is 2.28. The van der Waals surface area contributed by atoms with Crippen LogP contribution in [0.15, 0.2) is 30.4 Å². The minimum absolute atomic E-state index is 0.114. The largest absolute Gasteiger partial charge is 0.207 e. The summed E-state index contributed by atoms with van der Waals surface area (Å²) in [6.07, 6.45) is 8.13. The Morgan fingerprint density at radius 2 is 1.83 bits per heavy atom. The zero-order valence-electron chi connectivity index (χ0n) is 11.8. The standard InChI is InChI=1S/C17H25F/c1-4-15-13-17(18)12-11-16(15)10-8-6-5-7-9-14(2)3/h11-13H,2,4-10H2,1,3H3. The van der Waals surface area contributed by atoms with E-state index >= 15 is 0 Å². The molecule has 0 amide bonds. The van der Waals surface area contributed by atoms with Gasteiger partial charge in [0.2, 0.25) is 0 Å². The summed E-state index contributed by atoms with van der Waals surface area (Å²) in [5.74, 6) is -0.114. The molecular formula is C17H25F. The molecular weight excluding hydrogens is 223 g/mol. The molecule has 1 rings (SSSR count). The topological polar surface area (TPSA) is 0 Å². The second kappa shape index (κ2) is 8.07. The zero-order chi connectivity index (χ0) is 13.4. The van der Waals surface area contributed by atoms with E-state index in [-0.39, 0.29) is 5.82 Å². The fraction of sp³-hybridized carbons (Fsp3) is 0.529. The first kappa shape index (κ1) is 14.9. The van der Waals surface area contributed by atoms with Crippen LogP contribution in [0, 0.1) is 5.82 Å². The van der Waals surface area contributed by atoms with E-state index in [0.29, 0.717) is 0 Å². The summed E-state index contributed by atoms with van der Waals surface area (Å²) in [7, 11) is 0. The van der Waals surface area contributed by atoms with Gasteiger partial charge in [-0.2, -0.15) is 0 Å². The van der Waals surface area contributed by atoms with E-state index in [9.17, 15) is 4.39 Å². The first-order valence-corrected chi connectivity index (χ1v) is 7.05. The molecule has 0 bridgehead atoms. The van der Waals surface area contributed by atoms with Gasteiger partial charge in [-0.25, -0.2) is 4.39 Å². The lowest BCUT2D eigenvalue weighted by Gasteiger charge is -2.08. The van der Waals surface area contributed by atoms with E-state index in [0.717, 1.165) is 24.8 Å². The summed E-state index contributed by atoms with van der Waals surface area (Å²) in [6.45, 7) is 8.09. The molecule has 1 heteroatoms. The van der Waals surface area contributed by atoms with Crippen LogP contribution < -0.4 is 0 Å². The Bertz CT molecular complexity index is 379. The zero-order valence-corrected chi connectivity index (χ0v) is 11.8. The normalized spacial score (nSPS) is 10.6. The van der Waals surface area contributed by atoms with Gasteiger partial charge in [-0.3, -0.25) is 0 Å². The van der Waals surface area contributed by atoms with Gasteiger partial charge in [0, 0.05) is 0 Å². The molecule has 0 spiro atoms. The lowest BCUT2D eigenvalue weighted by atomic mass is 9.99. The highest BCUT2D eigenvalue weighted by Gasteiger charge is 2.02. The van der Waals surface area contributed by atoms with Gasteiger partial charge in [-0.05, 0) is 62.3 Å². The maximum Gasteiger partial charge on any atom is 0.123 e. The third-order valence-corrected chi connectivity index (χ3v) is 3.35. The van der Waals surface area contributed by atoms with Crippen LogP contribution >= 0.6 is 0 Å². The van der Waals surface area contributed by atoms with E-state index < -0.39 is 0 Å². The van der Waals surface area contributed by atoms with Crippen molar-refractivity contribution >= 4 is 0 Å². The van der Waals surface area contributed by atoms with Crippen LogP contribution in [-0.2, 0) is 12.8 Å². The van der Waals surface area contributed by atoms with E-state index in [2.05, 4.69) is 20.4 Å². The quantitative estimate of drug-likeness (QED) is 0.423. The molecule has 0 heterocycles. The molecule has 0 fully saturated rings. The Kier molecular flexibility index (Phi) is 6.70.